The molecule has 9 heteroatoms. The van der Waals surface area contributed by atoms with Crippen LogP contribution in [0.25, 0.3) is 21.0 Å². The van der Waals surface area contributed by atoms with Gasteiger partial charge in [-0.3, -0.25) is 15.6 Å². The smallest absolute Gasteiger partial charge is 0.418 e. The minimum Gasteiger partial charge on any atom is -0.448 e. The van der Waals surface area contributed by atoms with Gasteiger partial charge in [-0.25, -0.2) is 4.98 Å². The SMILES string of the molecule is O=C(NNc1ccccc1C(F)(F)F)c1ccc(-c2nc3ccccc3s2)o1. The van der Waals surface area contributed by atoms with E-state index in [9.17, 15) is 18.0 Å². The summed E-state index contributed by atoms with van der Waals surface area (Å²) >= 11 is 1.41. The lowest BCUT2D eigenvalue weighted by atomic mass is 10.2. The summed E-state index contributed by atoms with van der Waals surface area (Å²) in [6, 6.07) is 15.4. The summed E-state index contributed by atoms with van der Waals surface area (Å²) in [5, 5.41) is 0.607. The minimum absolute atomic E-state index is 0.0498. The first-order valence-electron chi connectivity index (χ1n) is 8.10. The van der Waals surface area contributed by atoms with Gasteiger partial charge in [-0.05, 0) is 36.4 Å². The third kappa shape index (κ3) is 3.56. The van der Waals surface area contributed by atoms with Crippen molar-refractivity contribution in [2.45, 2.75) is 6.18 Å². The fourth-order valence-electron chi connectivity index (χ4n) is 2.58. The fraction of sp³-hybridized carbons (Fsp3) is 0.0526. The van der Waals surface area contributed by atoms with Crippen molar-refractivity contribution < 1.29 is 22.4 Å². The molecular weight excluding hydrogens is 391 g/mol. The van der Waals surface area contributed by atoms with E-state index >= 15 is 0 Å². The number of nitrogens with zero attached hydrogens (tertiary/aromatic N) is 1. The standard InChI is InChI=1S/C19H12F3N3O2S/c20-19(21,22)11-5-1-2-6-12(11)24-25-17(26)14-9-10-15(27-14)18-23-13-7-3-4-8-16(13)28-18/h1-10,24H,(H,25,26). The lowest BCUT2D eigenvalue weighted by Gasteiger charge is -2.14. The topological polar surface area (TPSA) is 67.2 Å². The molecule has 2 aromatic carbocycles. The second-order valence-corrected chi connectivity index (χ2v) is 6.80. The van der Waals surface area contributed by atoms with Crippen LogP contribution in [0.15, 0.2) is 65.1 Å². The van der Waals surface area contributed by atoms with E-state index in [0.717, 1.165) is 16.3 Å². The Hall–Kier alpha value is -3.33. The molecule has 0 aliphatic carbocycles. The Morgan fingerprint density at radius 1 is 1.00 bits per heavy atom. The number of furan rings is 1. The minimum atomic E-state index is -4.54. The van der Waals surface area contributed by atoms with Crippen molar-refractivity contribution in [3.8, 4) is 10.8 Å². The van der Waals surface area contributed by atoms with Crippen molar-refractivity contribution in [3.63, 3.8) is 0 Å². The third-order valence-electron chi connectivity index (χ3n) is 3.88. The Bertz CT molecular complexity index is 1120. The van der Waals surface area contributed by atoms with Crippen molar-refractivity contribution in [3.05, 3.63) is 72.0 Å². The van der Waals surface area contributed by atoms with E-state index in [0.29, 0.717) is 10.8 Å². The summed E-state index contributed by atoms with van der Waals surface area (Å²) in [7, 11) is 0. The Kier molecular flexibility index (Phi) is 4.52. The van der Waals surface area contributed by atoms with E-state index in [1.54, 1.807) is 6.07 Å². The molecule has 4 rings (SSSR count). The van der Waals surface area contributed by atoms with Gasteiger partial charge in [0, 0.05) is 0 Å². The van der Waals surface area contributed by atoms with Gasteiger partial charge < -0.3 is 4.42 Å². The molecule has 0 spiro atoms. The molecule has 0 atom stereocenters. The van der Waals surface area contributed by atoms with Gasteiger partial charge in [-0.2, -0.15) is 13.2 Å². The van der Waals surface area contributed by atoms with Gasteiger partial charge in [0.05, 0.1) is 21.5 Å². The van der Waals surface area contributed by atoms with Crippen molar-refractivity contribution in [1.82, 2.24) is 10.4 Å². The number of hydrogen-bond donors (Lipinski definition) is 2. The van der Waals surface area contributed by atoms with Crippen LogP contribution in [0.4, 0.5) is 18.9 Å². The van der Waals surface area contributed by atoms with Crippen molar-refractivity contribution in [2.75, 3.05) is 5.43 Å². The molecule has 2 heterocycles. The van der Waals surface area contributed by atoms with Crippen molar-refractivity contribution in [2.24, 2.45) is 0 Å². The zero-order valence-corrected chi connectivity index (χ0v) is 14.9. The number of alkyl halides is 3. The highest BCUT2D eigenvalue weighted by Gasteiger charge is 2.33. The van der Waals surface area contributed by atoms with Crippen LogP contribution in [0.3, 0.4) is 0 Å². The average Bonchev–Trinajstić information content (AvgIpc) is 3.32. The first kappa shape index (κ1) is 18.1. The molecule has 0 aliphatic rings. The zero-order valence-electron chi connectivity index (χ0n) is 14.1. The fourth-order valence-corrected chi connectivity index (χ4v) is 3.50. The van der Waals surface area contributed by atoms with E-state index in [-0.39, 0.29) is 11.4 Å². The molecule has 0 aliphatic heterocycles. The van der Waals surface area contributed by atoms with Crippen molar-refractivity contribution >= 4 is 33.1 Å². The number of amides is 1. The molecule has 2 aromatic heterocycles. The van der Waals surface area contributed by atoms with Gasteiger partial charge in [0.25, 0.3) is 0 Å². The Morgan fingerprint density at radius 2 is 1.75 bits per heavy atom. The number of halogens is 3. The maximum absolute atomic E-state index is 13.0. The van der Waals surface area contributed by atoms with Gasteiger partial charge in [0.15, 0.2) is 16.5 Å². The number of benzene rings is 2. The van der Waals surface area contributed by atoms with Gasteiger partial charge in [0.2, 0.25) is 0 Å². The third-order valence-corrected chi connectivity index (χ3v) is 4.93. The number of aromatic nitrogens is 1. The molecule has 4 aromatic rings. The summed E-state index contributed by atoms with van der Waals surface area (Å²) in [5.41, 5.74) is 4.18. The van der Waals surface area contributed by atoms with Crippen LogP contribution in [-0.2, 0) is 6.18 Å². The lowest BCUT2D eigenvalue weighted by Crippen LogP contribution is -2.30. The van der Waals surface area contributed by atoms with Gasteiger partial charge >= 0.3 is 12.1 Å². The molecular formula is C19H12F3N3O2S. The largest absolute Gasteiger partial charge is 0.448 e. The molecule has 0 bridgehead atoms. The Morgan fingerprint density at radius 3 is 2.54 bits per heavy atom. The maximum Gasteiger partial charge on any atom is 0.418 e. The molecule has 28 heavy (non-hydrogen) atoms. The van der Waals surface area contributed by atoms with Crippen LogP contribution in [0.5, 0.6) is 0 Å². The first-order chi connectivity index (χ1) is 13.4. The highest BCUT2D eigenvalue weighted by molar-refractivity contribution is 7.21. The number of carbonyl (C=O) groups excluding carboxylic acids is 1. The molecule has 0 unspecified atom stereocenters. The first-order valence-corrected chi connectivity index (χ1v) is 8.92. The number of nitrogens with one attached hydrogen (secondary N) is 2. The van der Waals surface area contributed by atoms with E-state index in [4.69, 9.17) is 4.42 Å². The predicted octanol–water partition coefficient (Wildman–Crippen LogP) is 5.33. The Balaban J connectivity index is 1.50. The predicted molar refractivity (Wildman–Crippen MR) is 99.9 cm³/mol. The molecule has 0 fully saturated rings. The Labute approximate surface area is 160 Å². The van der Waals surface area contributed by atoms with Crippen LogP contribution in [0.1, 0.15) is 16.1 Å². The summed E-state index contributed by atoms with van der Waals surface area (Å²) in [5.74, 6) is -0.349. The molecule has 0 saturated carbocycles. The normalized spacial score (nSPS) is 11.5. The lowest BCUT2D eigenvalue weighted by molar-refractivity contribution is -0.137. The van der Waals surface area contributed by atoms with Gasteiger partial charge in [-0.1, -0.05) is 24.3 Å². The zero-order chi connectivity index (χ0) is 19.7. The summed E-state index contributed by atoms with van der Waals surface area (Å²) < 4.78 is 45.5. The van der Waals surface area contributed by atoms with Crippen molar-refractivity contribution in [1.29, 1.82) is 0 Å². The molecule has 142 valence electrons. The highest BCUT2D eigenvalue weighted by Crippen LogP contribution is 2.34. The van der Waals surface area contributed by atoms with E-state index in [2.05, 4.69) is 15.8 Å². The average molecular weight is 403 g/mol. The number of rotatable bonds is 4. The number of thiazole rings is 1. The van der Waals surface area contributed by atoms with Gasteiger partial charge in [0.1, 0.15) is 0 Å². The number of hydrogen-bond acceptors (Lipinski definition) is 5. The monoisotopic (exact) mass is 403 g/mol. The van der Waals surface area contributed by atoms with Crippen LogP contribution in [0.2, 0.25) is 0 Å². The second kappa shape index (κ2) is 7.01. The van der Waals surface area contributed by atoms with Gasteiger partial charge in [-0.15, -0.1) is 11.3 Å². The van der Waals surface area contributed by atoms with E-state index in [1.165, 1.54) is 35.6 Å². The summed E-state index contributed by atoms with van der Waals surface area (Å²) in [6.45, 7) is 0. The molecule has 1 amide bonds. The van der Waals surface area contributed by atoms with E-state index in [1.807, 2.05) is 24.3 Å². The molecule has 0 saturated heterocycles. The van der Waals surface area contributed by atoms with Crippen LogP contribution < -0.4 is 10.9 Å². The van der Waals surface area contributed by atoms with Crippen LogP contribution in [0, 0.1) is 0 Å². The summed E-state index contributed by atoms with van der Waals surface area (Å²) in [4.78, 5) is 16.7. The number of anilines is 1. The summed E-state index contributed by atoms with van der Waals surface area (Å²) in [6.07, 6.45) is -4.54. The number of para-hydroxylation sites is 2. The molecule has 5 nitrogen and oxygen atoms in total. The highest BCUT2D eigenvalue weighted by atomic mass is 32.1. The quantitative estimate of drug-likeness (QED) is 0.452. The number of hydrazine groups is 1. The van der Waals surface area contributed by atoms with Crippen LogP contribution >= 0.6 is 11.3 Å². The maximum atomic E-state index is 13.0. The second-order valence-electron chi connectivity index (χ2n) is 5.77. The molecule has 2 N–H and O–H groups in total. The number of fused-ring (bicyclic) bond motifs is 1. The molecule has 0 radical (unpaired) electrons. The van der Waals surface area contributed by atoms with Crippen LogP contribution in [-0.4, -0.2) is 10.9 Å². The van der Waals surface area contributed by atoms with E-state index < -0.39 is 17.6 Å². The number of carbonyl (C=O) groups is 1.